The molecule has 6 heteroatoms. The van der Waals surface area contributed by atoms with Crippen LogP contribution in [0.1, 0.15) is 18.2 Å². The minimum Gasteiger partial charge on any atom is -0.382 e. The molecule has 1 aromatic carbocycles. The minimum atomic E-state index is 0.251. The summed E-state index contributed by atoms with van der Waals surface area (Å²) in [4.78, 5) is 13.2. The van der Waals surface area contributed by atoms with Crippen LogP contribution in [0.15, 0.2) is 24.3 Å². The van der Waals surface area contributed by atoms with Crippen LogP contribution in [0.4, 0.5) is 23.1 Å². The second-order valence-electron chi connectivity index (χ2n) is 5.93. The van der Waals surface area contributed by atoms with Crippen LogP contribution in [0.25, 0.3) is 0 Å². The molecule has 0 atom stereocenters. The van der Waals surface area contributed by atoms with E-state index in [0.29, 0.717) is 5.82 Å². The molecule has 6 nitrogen and oxygen atoms in total. The number of benzene rings is 1. The Labute approximate surface area is 137 Å². The summed E-state index contributed by atoms with van der Waals surface area (Å²) in [5.41, 5.74) is 16.3. The first-order valence-corrected chi connectivity index (χ1v) is 8.07. The van der Waals surface area contributed by atoms with Gasteiger partial charge >= 0.3 is 0 Å². The fourth-order valence-electron chi connectivity index (χ4n) is 3.14. The van der Waals surface area contributed by atoms with Crippen molar-refractivity contribution in [3.63, 3.8) is 0 Å². The van der Waals surface area contributed by atoms with Crippen molar-refractivity contribution >= 4 is 23.1 Å². The molecule has 1 aliphatic heterocycles. The Hall–Kier alpha value is -2.50. The smallest absolute Gasteiger partial charge is 0.222 e. The Morgan fingerprint density at radius 3 is 2.39 bits per heavy atom. The molecule has 3 rings (SSSR count). The zero-order valence-corrected chi connectivity index (χ0v) is 13.8. The number of rotatable bonds is 3. The number of hydrogen-bond donors (Lipinski definition) is 2. The fourth-order valence-corrected chi connectivity index (χ4v) is 3.14. The molecule has 1 aliphatic rings. The van der Waals surface area contributed by atoms with Gasteiger partial charge in [-0.3, -0.25) is 0 Å². The number of nitrogens with two attached hydrogens (primary N) is 2. The Bertz CT molecular complexity index is 691. The standard InChI is InChI=1S/C17H24N6/c1-3-14-15(16(18)21-17(19)20-14)23-9-7-22(8-10-23)13-6-4-5-12(2)11-13/h4-6,11H,3,7-10H2,1-2H3,(H4,18,19,20,21). The molecule has 1 saturated heterocycles. The largest absolute Gasteiger partial charge is 0.382 e. The Morgan fingerprint density at radius 2 is 1.74 bits per heavy atom. The maximum Gasteiger partial charge on any atom is 0.222 e. The summed E-state index contributed by atoms with van der Waals surface area (Å²) in [6.07, 6.45) is 0.796. The van der Waals surface area contributed by atoms with Crippen molar-refractivity contribution in [2.75, 3.05) is 47.4 Å². The number of nitrogens with zero attached hydrogens (tertiary/aromatic N) is 4. The maximum atomic E-state index is 6.11. The average Bonchev–Trinajstić information content (AvgIpc) is 2.54. The highest BCUT2D eigenvalue weighted by molar-refractivity contribution is 5.68. The Balaban J connectivity index is 1.77. The summed E-state index contributed by atoms with van der Waals surface area (Å²) in [6, 6.07) is 8.63. The van der Waals surface area contributed by atoms with Crippen molar-refractivity contribution in [2.45, 2.75) is 20.3 Å². The van der Waals surface area contributed by atoms with E-state index in [-0.39, 0.29) is 5.95 Å². The van der Waals surface area contributed by atoms with Crippen LogP contribution in [0.2, 0.25) is 0 Å². The molecule has 0 amide bonds. The van der Waals surface area contributed by atoms with Gasteiger partial charge in [-0.1, -0.05) is 19.1 Å². The Kier molecular flexibility index (Phi) is 4.23. The van der Waals surface area contributed by atoms with Gasteiger partial charge in [-0.25, -0.2) is 4.98 Å². The third-order valence-electron chi connectivity index (χ3n) is 4.30. The SMILES string of the molecule is CCc1nc(N)nc(N)c1N1CCN(c2cccc(C)c2)CC1. The lowest BCUT2D eigenvalue weighted by Gasteiger charge is -2.38. The van der Waals surface area contributed by atoms with E-state index in [1.165, 1.54) is 11.3 Å². The van der Waals surface area contributed by atoms with Gasteiger partial charge in [0.15, 0.2) is 5.82 Å². The van der Waals surface area contributed by atoms with E-state index in [1.807, 2.05) is 0 Å². The molecule has 1 fully saturated rings. The van der Waals surface area contributed by atoms with E-state index < -0.39 is 0 Å². The van der Waals surface area contributed by atoms with Gasteiger partial charge in [-0.15, -0.1) is 0 Å². The minimum absolute atomic E-state index is 0.251. The molecule has 23 heavy (non-hydrogen) atoms. The van der Waals surface area contributed by atoms with Gasteiger partial charge in [0.05, 0.1) is 5.69 Å². The van der Waals surface area contributed by atoms with Gasteiger partial charge in [0.25, 0.3) is 0 Å². The number of piperazine rings is 1. The molecule has 122 valence electrons. The summed E-state index contributed by atoms with van der Waals surface area (Å²) in [5, 5.41) is 0. The maximum absolute atomic E-state index is 6.11. The summed E-state index contributed by atoms with van der Waals surface area (Å²) in [6.45, 7) is 7.90. The number of hydrogen-bond acceptors (Lipinski definition) is 6. The predicted molar refractivity (Wildman–Crippen MR) is 95.8 cm³/mol. The molecule has 1 aromatic heterocycles. The van der Waals surface area contributed by atoms with Crippen molar-refractivity contribution in [3.8, 4) is 0 Å². The van der Waals surface area contributed by atoms with E-state index in [9.17, 15) is 0 Å². The third-order valence-corrected chi connectivity index (χ3v) is 4.30. The van der Waals surface area contributed by atoms with Gasteiger partial charge in [-0.2, -0.15) is 4.98 Å². The van der Waals surface area contributed by atoms with Crippen molar-refractivity contribution in [3.05, 3.63) is 35.5 Å². The van der Waals surface area contributed by atoms with Crippen LogP contribution in [0, 0.1) is 6.92 Å². The first kappa shape index (κ1) is 15.4. The number of anilines is 4. The quantitative estimate of drug-likeness (QED) is 0.899. The van der Waals surface area contributed by atoms with Crippen LogP contribution in [-0.4, -0.2) is 36.1 Å². The highest BCUT2D eigenvalue weighted by Crippen LogP contribution is 2.28. The first-order valence-electron chi connectivity index (χ1n) is 8.07. The van der Waals surface area contributed by atoms with Crippen molar-refractivity contribution in [1.82, 2.24) is 9.97 Å². The van der Waals surface area contributed by atoms with Crippen LogP contribution in [0.5, 0.6) is 0 Å². The van der Waals surface area contributed by atoms with Crippen molar-refractivity contribution in [2.24, 2.45) is 0 Å². The molecule has 0 unspecified atom stereocenters. The van der Waals surface area contributed by atoms with E-state index in [4.69, 9.17) is 11.5 Å². The van der Waals surface area contributed by atoms with Gasteiger partial charge in [0, 0.05) is 31.9 Å². The topological polar surface area (TPSA) is 84.3 Å². The molecule has 0 aliphatic carbocycles. The lowest BCUT2D eigenvalue weighted by molar-refractivity contribution is 0.649. The second kappa shape index (κ2) is 6.32. The predicted octanol–water partition coefficient (Wildman–Crippen LogP) is 1.84. The molecule has 2 aromatic rings. The average molecular weight is 312 g/mol. The van der Waals surface area contributed by atoms with E-state index in [0.717, 1.165) is 44.0 Å². The van der Waals surface area contributed by atoms with E-state index in [2.05, 4.69) is 57.9 Å². The summed E-state index contributed by atoms with van der Waals surface area (Å²) >= 11 is 0. The molecular weight excluding hydrogens is 288 g/mol. The summed E-state index contributed by atoms with van der Waals surface area (Å²) < 4.78 is 0. The summed E-state index contributed by atoms with van der Waals surface area (Å²) in [5.74, 6) is 0.736. The molecule has 0 spiro atoms. The second-order valence-corrected chi connectivity index (χ2v) is 5.93. The van der Waals surface area contributed by atoms with Crippen LogP contribution in [-0.2, 0) is 6.42 Å². The first-order chi connectivity index (χ1) is 11.1. The van der Waals surface area contributed by atoms with Crippen molar-refractivity contribution < 1.29 is 0 Å². The number of aryl methyl sites for hydroxylation is 2. The Morgan fingerprint density at radius 1 is 1.04 bits per heavy atom. The van der Waals surface area contributed by atoms with Crippen LogP contribution in [0.3, 0.4) is 0 Å². The fraction of sp³-hybridized carbons (Fsp3) is 0.412. The molecule has 4 N–H and O–H groups in total. The number of aromatic nitrogens is 2. The van der Waals surface area contributed by atoms with E-state index in [1.54, 1.807) is 0 Å². The van der Waals surface area contributed by atoms with Gasteiger partial charge in [0.2, 0.25) is 5.95 Å². The molecule has 0 saturated carbocycles. The van der Waals surface area contributed by atoms with Gasteiger partial charge < -0.3 is 21.3 Å². The van der Waals surface area contributed by atoms with Gasteiger partial charge in [-0.05, 0) is 31.0 Å². The van der Waals surface area contributed by atoms with Crippen LogP contribution >= 0.6 is 0 Å². The lowest BCUT2D eigenvalue weighted by atomic mass is 10.1. The third kappa shape index (κ3) is 3.16. The molecule has 0 radical (unpaired) electrons. The lowest BCUT2D eigenvalue weighted by Crippen LogP contribution is -2.47. The normalized spacial score (nSPS) is 15.0. The molecule has 2 heterocycles. The van der Waals surface area contributed by atoms with Crippen molar-refractivity contribution in [1.29, 1.82) is 0 Å². The zero-order chi connectivity index (χ0) is 16.4. The van der Waals surface area contributed by atoms with E-state index >= 15 is 0 Å². The highest BCUT2D eigenvalue weighted by Gasteiger charge is 2.22. The molecule has 0 bridgehead atoms. The molecular formula is C17H24N6. The number of nitrogen functional groups attached to an aromatic ring is 2. The zero-order valence-electron chi connectivity index (χ0n) is 13.8. The van der Waals surface area contributed by atoms with Gasteiger partial charge in [0.1, 0.15) is 5.69 Å². The summed E-state index contributed by atoms with van der Waals surface area (Å²) in [7, 11) is 0. The highest BCUT2D eigenvalue weighted by atomic mass is 15.3. The van der Waals surface area contributed by atoms with Crippen LogP contribution < -0.4 is 21.3 Å². The monoisotopic (exact) mass is 312 g/mol.